The van der Waals surface area contributed by atoms with Crippen LogP contribution in [0.25, 0.3) is 0 Å². The molecule has 0 unspecified atom stereocenters. The second-order valence-corrected chi connectivity index (χ2v) is 8.44. The molecule has 1 aromatic carbocycles. The van der Waals surface area contributed by atoms with E-state index in [9.17, 15) is 13.2 Å². The second kappa shape index (κ2) is 8.67. The number of amides is 1. The van der Waals surface area contributed by atoms with Gasteiger partial charge in [-0.2, -0.15) is 8.42 Å². The number of carbonyl (C=O) groups is 1. The molecular formula is C18H27NO5S. The number of hydrogen-bond donors (Lipinski definition) is 0. The third-order valence-corrected chi connectivity index (χ3v) is 5.26. The summed E-state index contributed by atoms with van der Waals surface area (Å²) in [6.45, 7) is 6.97. The summed E-state index contributed by atoms with van der Waals surface area (Å²) in [4.78, 5) is 14.3. The van der Waals surface area contributed by atoms with Crippen LogP contribution in [0.5, 0.6) is 5.75 Å². The van der Waals surface area contributed by atoms with Crippen molar-refractivity contribution in [2.45, 2.75) is 46.3 Å². The fraction of sp³-hybridized carbons (Fsp3) is 0.611. The first-order valence-corrected chi connectivity index (χ1v) is 10.3. The van der Waals surface area contributed by atoms with Crippen LogP contribution in [-0.2, 0) is 26.2 Å². The van der Waals surface area contributed by atoms with E-state index in [1.54, 1.807) is 23.1 Å². The van der Waals surface area contributed by atoms with Gasteiger partial charge in [0, 0.05) is 25.6 Å². The summed E-state index contributed by atoms with van der Waals surface area (Å²) in [5.74, 6) is 0.131. The predicted molar refractivity (Wildman–Crippen MR) is 95.8 cm³/mol. The lowest BCUT2D eigenvalue weighted by atomic mass is 10.1. The highest BCUT2D eigenvalue weighted by Gasteiger charge is 2.24. The van der Waals surface area contributed by atoms with E-state index in [2.05, 4.69) is 0 Å². The highest BCUT2D eigenvalue weighted by molar-refractivity contribution is 7.87. The molecule has 0 radical (unpaired) electrons. The number of ether oxygens (including phenoxy) is 1. The lowest BCUT2D eigenvalue weighted by molar-refractivity contribution is -0.136. The molecule has 140 valence electrons. The van der Waals surface area contributed by atoms with Gasteiger partial charge in [0.1, 0.15) is 5.75 Å². The van der Waals surface area contributed by atoms with Gasteiger partial charge in [-0.15, -0.1) is 0 Å². The first-order valence-electron chi connectivity index (χ1n) is 8.72. The zero-order valence-corrected chi connectivity index (χ0v) is 15.9. The van der Waals surface area contributed by atoms with Crippen LogP contribution in [-0.4, -0.2) is 44.2 Å². The highest BCUT2D eigenvalue weighted by Crippen LogP contribution is 2.20. The molecule has 0 N–H and O–H groups in total. The van der Waals surface area contributed by atoms with Gasteiger partial charge in [0.05, 0.1) is 11.9 Å². The monoisotopic (exact) mass is 369 g/mol. The highest BCUT2D eigenvalue weighted by atomic mass is 32.2. The lowest BCUT2D eigenvalue weighted by Crippen LogP contribution is -2.39. The Morgan fingerprint density at radius 3 is 2.76 bits per heavy atom. The van der Waals surface area contributed by atoms with Gasteiger partial charge in [-0.3, -0.25) is 4.79 Å². The molecule has 6 nitrogen and oxygen atoms in total. The van der Waals surface area contributed by atoms with Crippen molar-refractivity contribution in [1.82, 2.24) is 4.90 Å². The summed E-state index contributed by atoms with van der Waals surface area (Å²) in [5.41, 5.74) is 0.829. The molecule has 1 aliphatic rings. The molecule has 1 amide bonds. The Morgan fingerprint density at radius 2 is 2.16 bits per heavy atom. The van der Waals surface area contributed by atoms with Crippen molar-refractivity contribution in [2.75, 3.05) is 18.9 Å². The van der Waals surface area contributed by atoms with Crippen molar-refractivity contribution in [3.63, 3.8) is 0 Å². The van der Waals surface area contributed by atoms with Crippen molar-refractivity contribution in [3.05, 3.63) is 29.8 Å². The maximum absolute atomic E-state index is 12.5. The van der Waals surface area contributed by atoms with Crippen LogP contribution >= 0.6 is 0 Å². The van der Waals surface area contributed by atoms with Gasteiger partial charge in [-0.05, 0) is 37.5 Å². The molecule has 25 heavy (non-hydrogen) atoms. The van der Waals surface area contributed by atoms with Gasteiger partial charge < -0.3 is 13.8 Å². The van der Waals surface area contributed by atoms with Gasteiger partial charge >= 0.3 is 10.1 Å². The van der Waals surface area contributed by atoms with E-state index in [4.69, 9.17) is 8.92 Å². The maximum atomic E-state index is 12.5. The fourth-order valence-electron chi connectivity index (χ4n) is 2.75. The third kappa shape index (κ3) is 6.01. The zero-order chi connectivity index (χ0) is 18.4. The van der Waals surface area contributed by atoms with Crippen molar-refractivity contribution in [2.24, 2.45) is 5.92 Å². The maximum Gasteiger partial charge on any atom is 0.308 e. The molecule has 1 aromatic rings. The standard InChI is InChI=1S/C18H27NO5S/c1-4-25(21,22)24-16-8-5-7-15(11-16)12-19(18(20)14(2)3)13-17-9-6-10-23-17/h5,7-8,11,14,17H,4,6,9-10,12-13H2,1-3H3/t17-/m1/s1. The number of benzene rings is 1. The number of nitrogens with zero attached hydrogens (tertiary/aromatic N) is 1. The molecule has 0 saturated carbocycles. The molecular weight excluding hydrogens is 342 g/mol. The van der Waals surface area contributed by atoms with Crippen LogP contribution in [0.3, 0.4) is 0 Å². The van der Waals surface area contributed by atoms with E-state index in [1.807, 2.05) is 19.9 Å². The van der Waals surface area contributed by atoms with Crippen LogP contribution in [0.2, 0.25) is 0 Å². The molecule has 0 bridgehead atoms. The molecule has 1 aliphatic heterocycles. The molecule has 0 spiro atoms. The molecule has 7 heteroatoms. The Kier molecular flexibility index (Phi) is 6.84. The SMILES string of the molecule is CCS(=O)(=O)Oc1cccc(CN(C[C@H]2CCCO2)C(=O)C(C)C)c1. The predicted octanol–water partition coefficient (Wildman–Crippen LogP) is 2.58. The van der Waals surface area contributed by atoms with Crippen molar-refractivity contribution in [3.8, 4) is 5.75 Å². The summed E-state index contributed by atoms with van der Waals surface area (Å²) in [5, 5.41) is 0. The average molecular weight is 369 g/mol. The van der Waals surface area contributed by atoms with E-state index >= 15 is 0 Å². The molecule has 1 heterocycles. The van der Waals surface area contributed by atoms with E-state index in [1.165, 1.54) is 6.92 Å². The van der Waals surface area contributed by atoms with E-state index in [-0.39, 0.29) is 29.4 Å². The summed E-state index contributed by atoms with van der Waals surface area (Å²) >= 11 is 0. The fourth-order valence-corrected chi connectivity index (χ4v) is 3.27. The minimum Gasteiger partial charge on any atom is -0.382 e. The first-order chi connectivity index (χ1) is 11.8. The smallest absolute Gasteiger partial charge is 0.308 e. The number of carbonyl (C=O) groups excluding carboxylic acids is 1. The van der Waals surface area contributed by atoms with Crippen LogP contribution in [0.15, 0.2) is 24.3 Å². The van der Waals surface area contributed by atoms with E-state index in [0.29, 0.717) is 13.1 Å². The average Bonchev–Trinajstić information content (AvgIpc) is 3.06. The minimum absolute atomic E-state index is 0.0583. The topological polar surface area (TPSA) is 72.9 Å². The molecule has 1 atom stereocenters. The summed E-state index contributed by atoms with van der Waals surface area (Å²) in [6, 6.07) is 6.87. The zero-order valence-electron chi connectivity index (χ0n) is 15.1. The minimum atomic E-state index is -3.57. The van der Waals surface area contributed by atoms with Crippen LogP contribution in [0.4, 0.5) is 0 Å². The van der Waals surface area contributed by atoms with Crippen LogP contribution in [0, 0.1) is 5.92 Å². The lowest BCUT2D eigenvalue weighted by Gasteiger charge is -2.27. The normalized spacial score (nSPS) is 17.7. The molecule has 0 aromatic heterocycles. The Morgan fingerprint density at radius 1 is 1.40 bits per heavy atom. The first kappa shape index (κ1) is 19.7. The second-order valence-electron chi connectivity index (χ2n) is 6.59. The molecule has 1 saturated heterocycles. The Balaban J connectivity index is 2.12. The summed E-state index contributed by atoms with van der Waals surface area (Å²) < 4.78 is 34.0. The van der Waals surface area contributed by atoms with E-state index < -0.39 is 10.1 Å². The number of hydrogen-bond acceptors (Lipinski definition) is 5. The molecule has 1 fully saturated rings. The van der Waals surface area contributed by atoms with E-state index in [0.717, 1.165) is 25.0 Å². The molecule has 2 rings (SSSR count). The van der Waals surface area contributed by atoms with Crippen molar-refractivity contribution < 1.29 is 22.1 Å². The van der Waals surface area contributed by atoms with Gasteiger partial charge in [0.15, 0.2) is 0 Å². The molecule has 0 aliphatic carbocycles. The number of rotatable bonds is 8. The van der Waals surface area contributed by atoms with Gasteiger partial charge in [-0.1, -0.05) is 26.0 Å². The summed E-state index contributed by atoms with van der Waals surface area (Å²) in [7, 11) is -3.57. The quantitative estimate of drug-likeness (QED) is 0.659. The van der Waals surface area contributed by atoms with Crippen LogP contribution < -0.4 is 4.18 Å². The largest absolute Gasteiger partial charge is 0.382 e. The van der Waals surface area contributed by atoms with Gasteiger partial charge in [-0.25, -0.2) is 0 Å². The Hall–Kier alpha value is -1.60. The van der Waals surface area contributed by atoms with Gasteiger partial charge in [0.25, 0.3) is 0 Å². The third-order valence-electron chi connectivity index (χ3n) is 4.10. The summed E-state index contributed by atoms with van der Waals surface area (Å²) in [6.07, 6.45) is 2.05. The van der Waals surface area contributed by atoms with Crippen molar-refractivity contribution in [1.29, 1.82) is 0 Å². The van der Waals surface area contributed by atoms with Crippen LogP contribution in [0.1, 0.15) is 39.2 Å². The van der Waals surface area contributed by atoms with Crippen molar-refractivity contribution >= 4 is 16.0 Å². The Labute approximate surface area is 150 Å². The van der Waals surface area contributed by atoms with Gasteiger partial charge in [0.2, 0.25) is 5.91 Å². The Bertz CT molecular complexity index is 680.